The Morgan fingerprint density at radius 1 is 1.25 bits per heavy atom. The van der Waals surface area contributed by atoms with Gasteiger partial charge in [0.15, 0.2) is 0 Å². The van der Waals surface area contributed by atoms with Gasteiger partial charge in [-0.3, -0.25) is 4.90 Å². The number of nitrogens with one attached hydrogen (secondary N) is 1. The molecule has 1 heterocycles. The summed E-state index contributed by atoms with van der Waals surface area (Å²) in [4.78, 5) is 2.54. The number of rotatable bonds is 8. The zero-order valence-electron chi connectivity index (χ0n) is 10.5. The summed E-state index contributed by atoms with van der Waals surface area (Å²) in [5, 5.41) is 12.0. The van der Waals surface area contributed by atoms with Crippen molar-refractivity contribution in [2.24, 2.45) is 0 Å². The monoisotopic (exact) mass is 230 g/mol. The number of aliphatic hydroxyl groups excluding tert-OH is 1. The molecular formula is C12H26N2O2. The van der Waals surface area contributed by atoms with Gasteiger partial charge in [-0.15, -0.1) is 0 Å². The molecule has 1 aliphatic rings. The minimum absolute atomic E-state index is 0.126. The van der Waals surface area contributed by atoms with E-state index in [0.29, 0.717) is 6.61 Å². The van der Waals surface area contributed by atoms with Crippen molar-refractivity contribution in [1.29, 1.82) is 0 Å². The highest BCUT2D eigenvalue weighted by atomic mass is 16.5. The third-order valence-electron chi connectivity index (χ3n) is 3.09. The lowest BCUT2D eigenvalue weighted by atomic mass is 10.0. The molecule has 0 radical (unpaired) electrons. The standard InChI is InChI=1S/C12H26N2O2/c1-2-7-14(8-10-16-11-9-15)12-3-5-13-6-4-12/h12-13,15H,2-11H2,1H3. The second-order valence-electron chi connectivity index (χ2n) is 4.35. The molecule has 0 saturated carbocycles. The minimum Gasteiger partial charge on any atom is -0.394 e. The summed E-state index contributed by atoms with van der Waals surface area (Å²) >= 11 is 0. The first-order valence-electron chi connectivity index (χ1n) is 6.51. The molecule has 0 aromatic rings. The van der Waals surface area contributed by atoms with E-state index in [4.69, 9.17) is 9.84 Å². The van der Waals surface area contributed by atoms with Crippen molar-refractivity contribution in [1.82, 2.24) is 10.2 Å². The van der Waals surface area contributed by atoms with E-state index in [1.54, 1.807) is 0 Å². The van der Waals surface area contributed by atoms with Gasteiger partial charge in [0.25, 0.3) is 0 Å². The van der Waals surface area contributed by atoms with Crippen molar-refractivity contribution in [2.75, 3.05) is 46.0 Å². The van der Waals surface area contributed by atoms with Crippen LogP contribution in [-0.2, 0) is 4.74 Å². The normalized spacial score (nSPS) is 18.2. The number of hydrogen-bond acceptors (Lipinski definition) is 4. The van der Waals surface area contributed by atoms with Crippen LogP contribution < -0.4 is 5.32 Å². The van der Waals surface area contributed by atoms with Crippen LogP contribution in [0, 0.1) is 0 Å². The summed E-state index contributed by atoms with van der Waals surface area (Å²) in [5.41, 5.74) is 0. The van der Waals surface area contributed by atoms with E-state index in [9.17, 15) is 0 Å². The average Bonchev–Trinajstić information content (AvgIpc) is 2.34. The van der Waals surface area contributed by atoms with E-state index in [0.717, 1.165) is 38.8 Å². The van der Waals surface area contributed by atoms with Crippen LogP contribution in [0.25, 0.3) is 0 Å². The molecule has 0 amide bonds. The number of nitrogens with zero attached hydrogens (tertiary/aromatic N) is 1. The Morgan fingerprint density at radius 2 is 2.00 bits per heavy atom. The van der Waals surface area contributed by atoms with Crippen molar-refractivity contribution in [2.45, 2.75) is 32.2 Å². The molecular weight excluding hydrogens is 204 g/mol. The van der Waals surface area contributed by atoms with E-state index in [2.05, 4.69) is 17.1 Å². The van der Waals surface area contributed by atoms with Crippen LogP contribution in [0.3, 0.4) is 0 Å². The van der Waals surface area contributed by atoms with Crippen LogP contribution in [0.2, 0.25) is 0 Å². The molecule has 1 saturated heterocycles. The SMILES string of the molecule is CCCN(CCOCCO)C1CCNCC1. The summed E-state index contributed by atoms with van der Waals surface area (Å²) in [6, 6.07) is 0.721. The molecule has 0 spiro atoms. The first-order valence-corrected chi connectivity index (χ1v) is 6.51. The van der Waals surface area contributed by atoms with Crippen LogP contribution in [-0.4, -0.2) is 62.0 Å². The van der Waals surface area contributed by atoms with Crippen molar-refractivity contribution in [3.05, 3.63) is 0 Å². The zero-order chi connectivity index (χ0) is 11.6. The second kappa shape index (κ2) is 8.93. The van der Waals surface area contributed by atoms with E-state index in [1.165, 1.54) is 19.3 Å². The molecule has 96 valence electrons. The lowest BCUT2D eigenvalue weighted by molar-refractivity contribution is 0.0578. The molecule has 0 unspecified atom stereocenters. The fourth-order valence-electron chi connectivity index (χ4n) is 2.28. The average molecular weight is 230 g/mol. The highest BCUT2D eigenvalue weighted by Gasteiger charge is 2.19. The lowest BCUT2D eigenvalue weighted by Gasteiger charge is -2.34. The molecule has 1 rings (SSSR count). The lowest BCUT2D eigenvalue weighted by Crippen LogP contribution is -2.44. The molecule has 0 aromatic heterocycles. The summed E-state index contributed by atoms with van der Waals surface area (Å²) in [7, 11) is 0. The largest absolute Gasteiger partial charge is 0.394 e. The molecule has 0 aliphatic carbocycles. The quantitative estimate of drug-likeness (QED) is 0.595. The predicted molar refractivity (Wildman–Crippen MR) is 65.7 cm³/mol. The van der Waals surface area contributed by atoms with E-state index in [-0.39, 0.29) is 6.61 Å². The van der Waals surface area contributed by atoms with Crippen molar-refractivity contribution in [3.63, 3.8) is 0 Å². The molecule has 1 aliphatic heterocycles. The van der Waals surface area contributed by atoms with Crippen LogP contribution >= 0.6 is 0 Å². The molecule has 16 heavy (non-hydrogen) atoms. The van der Waals surface area contributed by atoms with E-state index in [1.807, 2.05) is 0 Å². The van der Waals surface area contributed by atoms with Gasteiger partial charge < -0.3 is 15.2 Å². The van der Waals surface area contributed by atoms with E-state index < -0.39 is 0 Å². The smallest absolute Gasteiger partial charge is 0.0698 e. The number of piperidine rings is 1. The van der Waals surface area contributed by atoms with Gasteiger partial charge >= 0.3 is 0 Å². The zero-order valence-corrected chi connectivity index (χ0v) is 10.5. The highest BCUT2D eigenvalue weighted by Crippen LogP contribution is 2.11. The highest BCUT2D eigenvalue weighted by molar-refractivity contribution is 4.77. The molecule has 0 bridgehead atoms. The van der Waals surface area contributed by atoms with Gasteiger partial charge in [-0.25, -0.2) is 0 Å². The molecule has 1 fully saturated rings. The van der Waals surface area contributed by atoms with Gasteiger partial charge in [-0.1, -0.05) is 6.92 Å². The first kappa shape index (κ1) is 13.9. The van der Waals surface area contributed by atoms with Crippen LogP contribution in [0.5, 0.6) is 0 Å². The Labute approximate surface area is 99.0 Å². The minimum atomic E-state index is 0.126. The Hall–Kier alpha value is -0.160. The fraction of sp³-hybridized carbons (Fsp3) is 1.00. The first-order chi connectivity index (χ1) is 7.88. The van der Waals surface area contributed by atoms with E-state index >= 15 is 0 Å². The third kappa shape index (κ3) is 5.25. The van der Waals surface area contributed by atoms with Gasteiger partial charge in [0, 0.05) is 12.6 Å². The van der Waals surface area contributed by atoms with Crippen molar-refractivity contribution in [3.8, 4) is 0 Å². The summed E-state index contributed by atoms with van der Waals surface area (Å²) in [6.07, 6.45) is 3.70. The van der Waals surface area contributed by atoms with Gasteiger partial charge in [0.2, 0.25) is 0 Å². The van der Waals surface area contributed by atoms with Crippen molar-refractivity contribution < 1.29 is 9.84 Å². The van der Waals surface area contributed by atoms with Crippen molar-refractivity contribution >= 4 is 0 Å². The number of aliphatic hydroxyl groups is 1. The summed E-state index contributed by atoms with van der Waals surface area (Å²) in [5.74, 6) is 0. The molecule has 4 heteroatoms. The molecule has 4 nitrogen and oxygen atoms in total. The molecule has 0 aromatic carbocycles. The maximum atomic E-state index is 8.64. The van der Waals surface area contributed by atoms with Crippen LogP contribution in [0.15, 0.2) is 0 Å². The maximum Gasteiger partial charge on any atom is 0.0698 e. The second-order valence-corrected chi connectivity index (χ2v) is 4.35. The Balaban J connectivity index is 2.22. The van der Waals surface area contributed by atoms with Gasteiger partial charge in [-0.05, 0) is 38.9 Å². The number of ether oxygens (including phenoxy) is 1. The van der Waals surface area contributed by atoms with Crippen LogP contribution in [0.4, 0.5) is 0 Å². The molecule has 2 N–H and O–H groups in total. The third-order valence-corrected chi connectivity index (χ3v) is 3.09. The summed E-state index contributed by atoms with van der Waals surface area (Å²) in [6.45, 7) is 8.00. The Bertz CT molecular complexity index is 161. The number of hydrogen-bond donors (Lipinski definition) is 2. The molecule has 0 atom stereocenters. The topological polar surface area (TPSA) is 44.7 Å². The maximum absolute atomic E-state index is 8.64. The van der Waals surface area contributed by atoms with Crippen LogP contribution in [0.1, 0.15) is 26.2 Å². The van der Waals surface area contributed by atoms with Gasteiger partial charge in [0.1, 0.15) is 0 Å². The van der Waals surface area contributed by atoms with Gasteiger partial charge in [0.05, 0.1) is 19.8 Å². The summed E-state index contributed by atoms with van der Waals surface area (Å²) < 4.78 is 5.34. The van der Waals surface area contributed by atoms with Gasteiger partial charge in [-0.2, -0.15) is 0 Å². The predicted octanol–water partition coefficient (Wildman–Crippen LogP) is 0.459. The Kier molecular flexibility index (Phi) is 7.76. The Morgan fingerprint density at radius 3 is 2.62 bits per heavy atom. The fourth-order valence-corrected chi connectivity index (χ4v) is 2.28.